The summed E-state index contributed by atoms with van der Waals surface area (Å²) < 4.78 is 1.94. The van der Waals surface area contributed by atoms with Crippen molar-refractivity contribution < 1.29 is 0 Å². The number of nitrogens with one attached hydrogen (secondary N) is 1. The van der Waals surface area contributed by atoms with Gasteiger partial charge in [0.1, 0.15) is 5.54 Å². The molecule has 1 rings (SSSR count). The minimum atomic E-state index is -0.555. The summed E-state index contributed by atoms with van der Waals surface area (Å²) in [6, 6.07) is 4.40. The molecule has 0 aromatic carbocycles. The maximum absolute atomic E-state index is 9.12. The van der Waals surface area contributed by atoms with Crippen LogP contribution in [0.15, 0.2) is 6.07 Å². The van der Waals surface area contributed by atoms with E-state index in [1.54, 1.807) is 7.05 Å². The van der Waals surface area contributed by atoms with Crippen LogP contribution < -0.4 is 5.32 Å². The largest absolute Gasteiger partial charge is 0.301 e. The van der Waals surface area contributed by atoms with Crippen LogP contribution in [0.25, 0.3) is 0 Å². The molecule has 0 aliphatic rings. The predicted octanol–water partition coefficient (Wildman–Crippen LogP) is 1.51. The third kappa shape index (κ3) is 2.61. The number of hydrogen-bond donors (Lipinski definition) is 1. The van der Waals surface area contributed by atoms with Crippen LogP contribution in [0, 0.1) is 11.3 Å². The molecule has 1 heterocycles. The third-order valence-corrected chi connectivity index (χ3v) is 2.90. The van der Waals surface area contributed by atoms with E-state index in [4.69, 9.17) is 5.26 Å². The summed E-state index contributed by atoms with van der Waals surface area (Å²) in [6.07, 6.45) is 1.88. The summed E-state index contributed by atoms with van der Waals surface area (Å²) in [5.74, 6) is 0. The fourth-order valence-electron chi connectivity index (χ4n) is 1.58. The van der Waals surface area contributed by atoms with Gasteiger partial charge in [-0.1, -0.05) is 13.8 Å². The van der Waals surface area contributed by atoms with Gasteiger partial charge in [0.2, 0.25) is 0 Å². The van der Waals surface area contributed by atoms with Gasteiger partial charge in [0.05, 0.1) is 18.3 Å². The third-order valence-electron chi connectivity index (χ3n) is 2.90. The summed E-state index contributed by atoms with van der Waals surface area (Å²) in [4.78, 5) is 0. The molecule has 1 N–H and O–H groups in total. The zero-order valence-electron chi connectivity index (χ0n) is 10.5. The molecule has 1 aromatic rings. The van der Waals surface area contributed by atoms with Gasteiger partial charge in [-0.2, -0.15) is 10.4 Å². The van der Waals surface area contributed by atoms with Crippen LogP contribution in [0.3, 0.4) is 0 Å². The van der Waals surface area contributed by atoms with Crippen LogP contribution in [0.1, 0.15) is 32.2 Å². The standard InChI is InChI=1S/C12H20N4/c1-5-10-7-11(6-2)16(15-10)9-12(3,8-13)14-4/h7,14H,5-6,9H2,1-4H3. The zero-order valence-corrected chi connectivity index (χ0v) is 10.5. The van der Waals surface area contributed by atoms with E-state index in [2.05, 4.69) is 36.4 Å². The van der Waals surface area contributed by atoms with Crippen LogP contribution in [-0.4, -0.2) is 22.4 Å². The van der Waals surface area contributed by atoms with Crippen molar-refractivity contribution in [1.82, 2.24) is 15.1 Å². The quantitative estimate of drug-likeness (QED) is 0.818. The van der Waals surface area contributed by atoms with Gasteiger partial charge in [-0.25, -0.2) is 0 Å². The SMILES string of the molecule is CCc1cc(CC)n(CC(C)(C#N)NC)n1. The van der Waals surface area contributed by atoms with Crippen LogP contribution in [-0.2, 0) is 19.4 Å². The van der Waals surface area contributed by atoms with Gasteiger partial charge in [0, 0.05) is 5.69 Å². The molecule has 0 fully saturated rings. The normalized spacial score (nSPS) is 14.4. The first-order valence-electron chi connectivity index (χ1n) is 5.74. The summed E-state index contributed by atoms with van der Waals surface area (Å²) in [7, 11) is 1.80. The van der Waals surface area contributed by atoms with Crippen LogP contribution >= 0.6 is 0 Å². The number of likely N-dealkylation sites (N-methyl/N-ethyl adjacent to an activating group) is 1. The van der Waals surface area contributed by atoms with Gasteiger partial charge in [-0.3, -0.25) is 4.68 Å². The molecule has 1 atom stereocenters. The second-order valence-electron chi connectivity index (χ2n) is 4.19. The lowest BCUT2D eigenvalue weighted by Crippen LogP contribution is -2.42. The van der Waals surface area contributed by atoms with E-state index < -0.39 is 5.54 Å². The molecule has 0 spiro atoms. The van der Waals surface area contributed by atoms with Crippen molar-refractivity contribution in [2.75, 3.05) is 7.05 Å². The van der Waals surface area contributed by atoms with Crippen molar-refractivity contribution >= 4 is 0 Å². The predicted molar refractivity (Wildman–Crippen MR) is 64.1 cm³/mol. The molecule has 0 saturated heterocycles. The molecular weight excluding hydrogens is 200 g/mol. The van der Waals surface area contributed by atoms with Crippen molar-refractivity contribution in [3.63, 3.8) is 0 Å². The highest BCUT2D eigenvalue weighted by Crippen LogP contribution is 2.11. The Hall–Kier alpha value is -1.34. The molecule has 16 heavy (non-hydrogen) atoms. The molecule has 0 radical (unpaired) electrons. The first-order chi connectivity index (χ1) is 7.58. The molecule has 1 aromatic heterocycles. The van der Waals surface area contributed by atoms with E-state index in [0.29, 0.717) is 6.54 Å². The van der Waals surface area contributed by atoms with E-state index in [9.17, 15) is 0 Å². The Kier molecular flexibility index (Phi) is 4.08. The van der Waals surface area contributed by atoms with E-state index in [1.807, 2.05) is 11.6 Å². The monoisotopic (exact) mass is 220 g/mol. The van der Waals surface area contributed by atoms with Crippen LogP contribution in [0.5, 0.6) is 0 Å². The molecule has 0 amide bonds. The topological polar surface area (TPSA) is 53.6 Å². The maximum Gasteiger partial charge on any atom is 0.123 e. The molecule has 88 valence electrons. The van der Waals surface area contributed by atoms with Gasteiger partial charge in [-0.15, -0.1) is 0 Å². The molecule has 4 heteroatoms. The highest BCUT2D eigenvalue weighted by molar-refractivity contribution is 5.12. The number of nitriles is 1. The van der Waals surface area contributed by atoms with Crippen molar-refractivity contribution in [3.05, 3.63) is 17.5 Å². The highest BCUT2D eigenvalue weighted by atomic mass is 15.3. The zero-order chi connectivity index (χ0) is 12.2. The number of aromatic nitrogens is 2. The van der Waals surface area contributed by atoms with E-state index in [0.717, 1.165) is 18.5 Å². The van der Waals surface area contributed by atoms with E-state index in [1.165, 1.54) is 5.69 Å². The summed E-state index contributed by atoms with van der Waals surface area (Å²) in [5, 5.41) is 16.7. The Morgan fingerprint density at radius 1 is 1.50 bits per heavy atom. The number of hydrogen-bond acceptors (Lipinski definition) is 3. The van der Waals surface area contributed by atoms with Crippen molar-refractivity contribution in [3.8, 4) is 6.07 Å². The minimum absolute atomic E-state index is 0.555. The molecule has 0 saturated carbocycles. The number of aryl methyl sites for hydroxylation is 2. The second kappa shape index (κ2) is 5.13. The van der Waals surface area contributed by atoms with Crippen LogP contribution in [0.2, 0.25) is 0 Å². The Morgan fingerprint density at radius 2 is 2.19 bits per heavy atom. The van der Waals surface area contributed by atoms with Gasteiger partial charge in [0.15, 0.2) is 0 Å². The van der Waals surface area contributed by atoms with Crippen LogP contribution in [0.4, 0.5) is 0 Å². The van der Waals surface area contributed by atoms with Gasteiger partial charge >= 0.3 is 0 Å². The Labute approximate surface area is 97.3 Å². The van der Waals surface area contributed by atoms with Gasteiger partial charge in [0.25, 0.3) is 0 Å². The molecule has 0 aliphatic heterocycles. The lowest BCUT2D eigenvalue weighted by atomic mass is 10.1. The van der Waals surface area contributed by atoms with Crippen molar-refractivity contribution in [2.45, 2.75) is 45.7 Å². The first kappa shape index (κ1) is 12.7. The lowest BCUT2D eigenvalue weighted by Gasteiger charge is -2.21. The molecule has 0 aliphatic carbocycles. The molecular formula is C12H20N4. The summed E-state index contributed by atoms with van der Waals surface area (Å²) in [6.45, 7) is 6.67. The highest BCUT2D eigenvalue weighted by Gasteiger charge is 2.23. The summed E-state index contributed by atoms with van der Waals surface area (Å²) in [5.41, 5.74) is 1.72. The smallest absolute Gasteiger partial charge is 0.123 e. The van der Waals surface area contributed by atoms with Gasteiger partial charge < -0.3 is 5.32 Å². The first-order valence-corrected chi connectivity index (χ1v) is 5.74. The summed E-state index contributed by atoms with van der Waals surface area (Å²) >= 11 is 0. The number of nitrogens with zero attached hydrogens (tertiary/aromatic N) is 3. The minimum Gasteiger partial charge on any atom is -0.301 e. The average Bonchev–Trinajstić information content (AvgIpc) is 2.71. The second-order valence-corrected chi connectivity index (χ2v) is 4.19. The lowest BCUT2D eigenvalue weighted by molar-refractivity contribution is 0.388. The Balaban J connectivity index is 2.96. The fourth-order valence-corrected chi connectivity index (χ4v) is 1.58. The van der Waals surface area contributed by atoms with E-state index in [-0.39, 0.29) is 0 Å². The Bertz CT molecular complexity index is 388. The van der Waals surface area contributed by atoms with Crippen molar-refractivity contribution in [2.24, 2.45) is 0 Å². The fraction of sp³-hybridized carbons (Fsp3) is 0.667. The van der Waals surface area contributed by atoms with E-state index >= 15 is 0 Å². The van der Waals surface area contributed by atoms with Crippen molar-refractivity contribution in [1.29, 1.82) is 5.26 Å². The molecule has 4 nitrogen and oxygen atoms in total. The van der Waals surface area contributed by atoms with Gasteiger partial charge in [-0.05, 0) is 32.9 Å². The maximum atomic E-state index is 9.12. The molecule has 0 bridgehead atoms. The average molecular weight is 220 g/mol. The number of rotatable bonds is 5. The Morgan fingerprint density at radius 3 is 2.62 bits per heavy atom. The molecule has 1 unspecified atom stereocenters.